The molecule has 1 aromatic rings. The van der Waals surface area contributed by atoms with E-state index < -0.39 is 4.92 Å². The van der Waals surface area contributed by atoms with E-state index in [4.69, 9.17) is 0 Å². The number of benzene rings is 1. The quantitative estimate of drug-likeness (QED) is 0.530. The zero-order chi connectivity index (χ0) is 13.8. The molecule has 7 nitrogen and oxygen atoms in total. The summed E-state index contributed by atoms with van der Waals surface area (Å²) in [5, 5.41) is 13.7. The highest BCUT2D eigenvalue weighted by molar-refractivity contribution is 5.80. The molecule has 102 valence electrons. The van der Waals surface area contributed by atoms with Crippen LogP contribution in [0.5, 0.6) is 0 Å². The number of nitrogens with one attached hydrogen (secondary N) is 3. The van der Waals surface area contributed by atoms with Gasteiger partial charge in [-0.05, 0) is 6.92 Å². The fourth-order valence-corrected chi connectivity index (χ4v) is 2.05. The van der Waals surface area contributed by atoms with Gasteiger partial charge in [0.15, 0.2) is 0 Å². The second-order valence-corrected chi connectivity index (χ2v) is 4.55. The first-order valence-electron chi connectivity index (χ1n) is 6.08. The van der Waals surface area contributed by atoms with Gasteiger partial charge in [-0.1, -0.05) is 18.2 Å². The molecule has 0 aromatic heterocycles. The van der Waals surface area contributed by atoms with Gasteiger partial charge in [-0.2, -0.15) is 0 Å². The van der Waals surface area contributed by atoms with Crippen LogP contribution in [0.3, 0.4) is 0 Å². The Morgan fingerprint density at radius 1 is 1.53 bits per heavy atom. The molecule has 2 unspecified atom stereocenters. The van der Waals surface area contributed by atoms with Crippen molar-refractivity contribution < 1.29 is 9.72 Å². The van der Waals surface area contributed by atoms with Gasteiger partial charge in [0, 0.05) is 24.2 Å². The van der Waals surface area contributed by atoms with Crippen LogP contribution < -0.4 is 16.2 Å². The van der Waals surface area contributed by atoms with Crippen molar-refractivity contribution in [3.05, 3.63) is 39.9 Å². The number of nitrogens with zero attached hydrogens (tertiary/aromatic N) is 1. The molecule has 0 spiro atoms. The van der Waals surface area contributed by atoms with Crippen LogP contribution in [0, 0.1) is 10.1 Å². The van der Waals surface area contributed by atoms with Crippen molar-refractivity contribution in [2.24, 2.45) is 0 Å². The van der Waals surface area contributed by atoms with Crippen molar-refractivity contribution in [3.8, 4) is 0 Å². The van der Waals surface area contributed by atoms with E-state index in [9.17, 15) is 14.9 Å². The van der Waals surface area contributed by atoms with Crippen molar-refractivity contribution in [2.75, 3.05) is 6.54 Å². The van der Waals surface area contributed by atoms with Gasteiger partial charge >= 0.3 is 0 Å². The fourth-order valence-electron chi connectivity index (χ4n) is 2.05. The molecule has 1 aromatic carbocycles. The summed E-state index contributed by atoms with van der Waals surface area (Å²) < 4.78 is 0. The molecule has 1 heterocycles. The SMILES string of the molecule is CC1NNCC1NC(=O)Cc1ccccc1[N+](=O)[O-]. The molecule has 1 fully saturated rings. The van der Waals surface area contributed by atoms with E-state index in [2.05, 4.69) is 16.2 Å². The van der Waals surface area contributed by atoms with Crippen LogP contribution in [0.4, 0.5) is 5.69 Å². The van der Waals surface area contributed by atoms with Gasteiger partial charge in [0.05, 0.1) is 17.4 Å². The third-order valence-electron chi connectivity index (χ3n) is 3.14. The second kappa shape index (κ2) is 5.77. The van der Waals surface area contributed by atoms with Crippen molar-refractivity contribution in [1.82, 2.24) is 16.2 Å². The smallest absolute Gasteiger partial charge is 0.273 e. The third-order valence-corrected chi connectivity index (χ3v) is 3.14. The monoisotopic (exact) mass is 264 g/mol. The molecular weight excluding hydrogens is 248 g/mol. The standard InChI is InChI=1S/C12H16N4O3/c1-8-10(7-13-15-8)14-12(17)6-9-4-2-3-5-11(9)16(18)19/h2-5,8,10,13,15H,6-7H2,1H3,(H,14,17). The first-order valence-corrected chi connectivity index (χ1v) is 6.08. The lowest BCUT2D eigenvalue weighted by molar-refractivity contribution is -0.385. The number of hydrazine groups is 1. The van der Waals surface area contributed by atoms with Gasteiger partial charge in [0.25, 0.3) is 5.69 Å². The first-order chi connectivity index (χ1) is 9.08. The summed E-state index contributed by atoms with van der Waals surface area (Å²) >= 11 is 0. The third kappa shape index (κ3) is 3.27. The van der Waals surface area contributed by atoms with Crippen LogP contribution in [-0.4, -0.2) is 29.5 Å². The van der Waals surface area contributed by atoms with Crippen LogP contribution >= 0.6 is 0 Å². The van der Waals surface area contributed by atoms with Crippen molar-refractivity contribution in [3.63, 3.8) is 0 Å². The van der Waals surface area contributed by atoms with E-state index in [-0.39, 0.29) is 30.1 Å². The highest BCUT2D eigenvalue weighted by Gasteiger charge is 2.25. The average Bonchev–Trinajstić information content (AvgIpc) is 2.75. The van der Waals surface area contributed by atoms with E-state index in [1.807, 2.05) is 6.92 Å². The number of nitro groups is 1. The average molecular weight is 264 g/mol. The lowest BCUT2D eigenvalue weighted by Crippen LogP contribution is -2.43. The Morgan fingerprint density at radius 2 is 2.26 bits per heavy atom. The lowest BCUT2D eigenvalue weighted by Gasteiger charge is -2.15. The Labute approximate surface area is 110 Å². The molecule has 0 aliphatic carbocycles. The second-order valence-electron chi connectivity index (χ2n) is 4.55. The number of carbonyl (C=O) groups is 1. The van der Waals surface area contributed by atoms with Crippen molar-refractivity contribution in [2.45, 2.75) is 25.4 Å². The van der Waals surface area contributed by atoms with E-state index in [1.54, 1.807) is 18.2 Å². The Hall–Kier alpha value is -1.99. The van der Waals surface area contributed by atoms with Crippen LogP contribution in [-0.2, 0) is 11.2 Å². The molecule has 1 amide bonds. The maximum atomic E-state index is 11.9. The van der Waals surface area contributed by atoms with Crippen LogP contribution in [0.15, 0.2) is 24.3 Å². The number of rotatable bonds is 4. The molecule has 1 aliphatic heterocycles. The highest BCUT2D eigenvalue weighted by Crippen LogP contribution is 2.18. The largest absolute Gasteiger partial charge is 0.350 e. The number of nitro benzene ring substituents is 1. The van der Waals surface area contributed by atoms with Gasteiger partial charge in [0.2, 0.25) is 5.91 Å². The Morgan fingerprint density at radius 3 is 2.89 bits per heavy atom. The molecule has 0 bridgehead atoms. The summed E-state index contributed by atoms with van der Waals surface area (Å²) in [5.41, 5.74) is 6.35. The van der Waals surface area contributed by atoms with Crippen molar-refractivity contribution >= 4 is 11.6 Å². The zero-order valence-electron chi connectivity index (χ0n) is 10.6. The molecule has 3 N–H and O–H groups in total. The summed E-state index contributed by atoms with van der Waals surface area (Å²) in [6.45, 7) is 2.60. The number of hydrogen-bond acceptors (Lipinski definition) is 5. The maximum Gasteiger partial charge on any atom is 0.273 e. The Bertz CT molecular complexity index is 492. The summed E-state index contributed by atoms with van der Waals surface area (Å²) in [5.74, 6) is -0.211. The molecule has 0 saturated carbocycles. The zero-order valence-corrected chi connectivity index (χ0v) is 10.6. The van der Waals surface area contributed by atoms with Gasteiger partial charge in [-0.15, -0.1) is 0 Å². The summed E-state index contributed by atoms with van der Waals surface area (Å²) in [6, 6.07) is 6.42. The molecule has 19 heavy (non-hydrogen) atoms. The van der Waals surface area contributed by atoms with E-state index in [0.717, 1.165) is 0 Å². The van der Waals surface area contributed by atoms with Crippen LogP contribution in [0.2, 0.25) is 0 Å². The highest BCUT2D eigenvalue weighted by atomic mass is 16.6. The maximum absolute atomic E-state index is 11.9. The molecular formula is C12H16N4O3. The minimum Gasteiger partial charge on any atom is -0.350 e. The first kappa shape index (κ1) is 13.4. The predicted molar refractivity (Wildman–Crippen MR) is 69.3 cm³/mol. The van der Waals surface area contributed by atoms with Gasteiger partial charge in [-0.3, -0.25) is 25.8 Å². The fraction of sp³-hybridized carbons (Fsp3) is 0.417. The van der Waals surface area contributed by atoms with Crippen LogP contribution in [0.1, 0.15) is 12.5 Å². The molecule has 0 radical (unpaired) electrons. The molecule has 2 atom stereocenters. The normalized spacial score (nSPS) is 22.2. The van der Waals surface area contributed by atoms with E-state index in [0.29, 0.717) is 12.1 Å². The Kier molecular flexibility index (Phi) is 4.08. The Balaban J connectivity index is 2.01. The minimum atomic E-state index is -0.468. The summed E-state index contributed by atoms with van der Waals surface area (Å²) in [6.07, 6.45) is 0.0143. The topological polar surface area (TPSA) is 96.3 Å². The lowest BCUT2D eigenvalue weighted by atomic mass is 10.1. The van der Waals surface area contributed by atoms with Gasteiger partial charge in [0.1, 0.15) is 0 Å². The minimum absolute atomic E-state index is 0.00438. The molecule has 7 heteroatoms. The molecule has 1 saturated heterocycles. The number of hydrogen-bond donors (Lipinski definition) is 3. The number of para-hydroxylation sites is 1. The van der Waals surface area contributed by atoms with Crippen molar-refractivity contribution in [1.29, 1.82) is 0 Å². The van der Waals surface area contributed by atoms with Crippen LogP contribution in [0.25, 0.3) is 0 Å². The summed E-state index contributed by atoms with van der Waals surface area (Å²) in [4.78, 5) is 22.3. The molecule has 2 rings (SSSR count). The van der Waals surface area contributed by atoms with Gasteiger partial charge < -0.3 is 5.32 Å². The van der Waals surface area contributed by atoms with E-state index in [1.165, 1.54) is 6.07 Å². The van der Waals surface area contributed by atoms with E-state index >= 15 is 0 Å². The number of amides is 1. The predicted octanol–water partition coefficient (Wildman–Crippen LogP) is 0.118. The molecule has 1 aliphatic rings. The van der Waals surface area contributed by atoms with Gasteiger partial charge in [-0.25, -0.2) is 0 Å². The number of carbonyl (C=O) groups excluding carboxylic acids is 1. The summed E-state index contributed by atoms with van der Waals surface area (Å²) in [7, 11) is 0.